The number of rotatable bonds is 7. The predicted octanol–water partition coefficient (Wildman–Crippen LogP) is 4.16. The van der Waals surface area contributed by atoms with Crippen molar-refractivity contribution in [2.24, 2.45) is 23.2 Å². The van der Waals surface area contributed by atoms with E-state index < -0.39 is 6.10 Å². The van der Waals surface area contributed by atoms with Gasteiger partial charge in [-0.05, 0) is 61.5 Å². The number of thiazole rings is 1. The SMILES string of the molecule is C[C@H](C(=O)NC1CC1)C1CC[C@@]2(C)Cc3sc(NCCc4ccccn4)nc3[C@@H](C)[C@@H]2[C@H]1O. The number of hydrogen-bond acceptors (Lipinski definition) is 6. The van der Waals surface area contributed by atoms with Gasteiger partial charge in [-0.3, -0.25) is 9.78 Å². The van der Waals surface area contributed by atoms with Gasteiger partial charge in [0.1, 0.15) is 0 Å². The van der Waals surface area contributed by atoms with Crippen molar-refractivity contribution in [3.05, 3.63) is 40.7 Å². The summed E-state index contributed by atoms with van der Waals surface area (Å²) in [6, 6.07) is 6.36. The summed E-state index contributed by atoms with van der Waals surface area (Å²) in [5.74, 6) is 0.280. The molecule has 2 aromatic heterocycles. The number of carbonyl (C=O) groups excluding carboxylic acids is 1. The van der Waals surface area contributed by atoms with Crippen molar-refractivity contribution in [2.75, 3.05) is 11.9 Å². The molecule has 0 spiro atoms. The van der Waals surface area contributed by atoms with Gasteiger partial charge in [0.25, 0.3) is 0 Å². The van der Waals surface area contributed by atoms with Crippen molar-refractivity contribution in [1.29, 1.82) is 0 Å². The zero-order valence-electron chi connectivity index (χ0n) is 19.9. The van der Waals surface area contributed by atoms with Gasteiger partial charge in [0.05, 0.1) is 11.8 Å². The summed E-state index contributed by atoms with van der Waals surface area (Å²) >= 11 is 1.77. The molecule has 6 nitrogen and oxygen atoms in total. The maximum atomic E-state index is 12.7. The van der Waals surface area contributed by atoms with E-state index in [0.29, 0.717) is 6.04 Å². The standard InChI is InChI=1S/C26H36N4O2S/c1-15(24(32)29-18-7-8-18)19-9-11-26(3)14-20-22(16(2)21(26)23(19)31)30-25(33-20)28-13-10-17-6-4-5-12-27-17/h4-6,12,15-16,18-19,21,23,31H,7-11,13-14H2,1-3H3,(H,28,30)(H,29,32)/t15-,16-,19?,21+,23-,26-/m0/s1. The van der Waals surface area contributed by atoms with Crippen LogP contribution in [0.25, 0.3) is 0 Å². The van der Waals surface area contributed by atoms with Gasteiger partial charge >= 0.3 is 0 Å². The lowest BCUT2D eigenvalue weighted by molar-refractivity contribution is -0.134. The first-order valence-corrected chi connectivity index (χ1v) is 13.3. The number of pyridine rings is 1. The second-order valence-corrected chi connectivity index (χ2v) is 11.8. The first kappa shape index (κ1) is 22.8. The van der Waals surface area contributed by atoms with E-state index in [1.807, 2.05) is 31.3 Å². The summed E-state index contributed by atoms with van der Waals surface area (Å²) in [7, 11) is 0. The number of fused-ring (bicyclic) bond motifs is 2. The van der Waals surface area contributed by atoms with Crippen LogP contribution in [-0.4, -0.2) is 39.7 Å². The highest BCUT2D eigenvalue weighted by atomic mass is 32.1. The quantitative estimate of drug-likeness (QED) is 0.568. The minimum atomic E-state index is -0.478. The lowest BCUT2D eigenvalue weighted by Gasteiger charge is -2.53. The van der Waals surface area contributed by atoms with Crippen LogP contribution >= 0.6 is 11.3 Å². The number of aliphatic hydroxyl groups is 1. The van der Waals surface area contributed by atoms with Crippen LogP contribution in [0.4, 0.5) is 5.13 Å². The van der Waals surface area contributed by atoms with Gasteiger partial charge in [-0.1, -0.05) is 26.8 Å². The Morgan fingerprint density at radius 2 is 2.15 bits per heavy atom. The molecule has 0 bridgehead atoms. The van der Waals surface area contributed by atoms with Crippen molar-refractivity contribution in [3.63, 3.8) is 0 Å². The van der Waals surface area contributed by atoms with E-state index in [4.69, 9.17) is 4.98 Å². The van der Waals surface area contributed by atoms with Crippen LogP contribution in [0.2, 0.25) is 0 Å². The van der Waals surface area contributed by atoms with E-state index in [1.54, 1.807) is 11.3 Å². The number of aliphatic hydroxyl groups excluding tert-OH is 1. The van der Waals surface area contributed by atoms with E-state index in [-0.39, 0.29) is 35.0 Å². The van der Waals surface area contributed by atoms with E-state index in [0.717, 1.165) is 61.6 Å². The largest absolute Gasteiger partial charge is 0.392 e. The van der Waals surface area contributed by atoms with Crippen molar-refractivity contribution < 1.29 is 9.90 Å². The van der Waals surface area contributed by atoms with Gasteiger partial charge in [0, 0.05) is 47.6 Å². The average molecular weight is 469 g/mol. The minimum Gasteiger partial charge on any atom is -0.392 e. The first-order chi connectivity index (χ1) is 15.9. The predicted molar refractivity (Wildman–Crippen MR) is 131 cm³/mol. The number of amides is 1. The minimum absolute atomic E-state index is 0.0143. The molecule has 0 saturated heterocycles. The molecule has 0 aliphatic heterocycles. The fourth-order valence-electron chi connectivity index (χ4n) is 6.22. The van der Waals surface area contributed by atoms with Gasteiger partial charge < -0.3 is 15.7 Å². The Balaban J connectivity index is 1.28. The molecule has 1 amide bonds. The Hall–Kier alpha value is -1.99. The molecule has 3 N–H and O–H groups in total. The molecule has 33 heavy (non-hydrogen) atoms. The molecule has 2 heterocycles. The van der Waals surface area contributed by atoms with Gasteiger partial charge in [-0.25, -0.2) is 4.98 Å². The molecule has 7 heteroatoms. The van der Waals surface area contributed by atoms with Crippen LogP contribution in [0, 0.1) is 23.2 Å². The van der Waals surface area contributed by atoms with Crippen molar-refractivity contribution in [3.8, 4) is 0 Å². The molecule has 178 valence electrons. The Labute approximate surface area is 200 Å². The van der Waals surface area contributed by atoms with Crippen LogP contribution in [0.15, 0.2) is 24.4 Å². The third-order valence-electron chi connectivity index (χ3n) is 8.29. The first-order valence-electron chi connectivity index (χ1n) is 12.5. The Bertz CT molecular complexity index is 991. The topological polar surface area (TPSA) is 87.1 Å². The van der Waals surface area contributed by atoms with Crippen molar-refractivity contribution >= 4 is 22.4 Å². The number of anilines is 1. The van der Waals surface area contributed by atoms with Gasteiger partial charge in [0.15, 0.2) is 5.13 Å². The average Bonchev–Trinajstić information content (AvgIpc) is 3.51. The molecule has 2 saturated carbocycles. The zero-order valence-corrected chi connectivity index (χ0v) is 20.7. The van der Waals surface area contributed by atoms with E-state index in [2.05, 4.69) is 29.5 Å². The maximum absolute atomic E-state index is 12.7. The molecule has 2 aromatic rings. The molecule has 0 radical (unpaired) electrons. The number of aromatic nitrogens is 2. The molecule has 1 unspecified atom stereocenters. The summed E-state index contributed by atoms with van der Waals surface area (Å²) in [5.41, 5.74) is 2.26. The Morgan fingerprint density at radius 1 is 1.33 bits per heavy atom. The van der Waals surface area contributed by atoms with Crippen molar-refractivity contribution in [2.45, 2.75) is 77.4 Å². The van der Waals surface area contributed by atoms with Gasteiger partial charge in [0.2, 0.25) is 5.91 Å². The number of nitrogens with one attached hydrogen (secondary N) is 2. The lowest BCUT2D eigenvalue weighted by Crippen LogP contribution is -2.53. The van der Waals surface area contributed by atoms with Crippen LogP contribution < -0.4 is 10.6 Å². The van der Waals surface area contributed by atoms with E-state index in [9.17, 15) is 9.90 Å². The fraction of sp³-hybridized carbons (Fsp3) is 0.654. The molecule has 6 atom stereocenters. The van der Waals surface area contributed by atoms with Gasteiger partial charge in [-0.15, -0.1) is 11.3 Å². The highest BCUT2D eigenvalue weighted by Gasteiger charge is 2.54. The molecular formula is C26H36N4O2S. The maximum Gasteiger partial charge on any atom is 0.223 e. The summed E-state index contributed by atoms with van der Waals surface area (Å²) in [5, 5.41) is 19.1. The smallest absolute Gasteiger partial charge is 0.223 e. The zero-order chi connectivity index (χ0) is 23.2. The van der Waals surface area contributed by atoms with E-state index >= 15 is 0 Å². The summed E-state index contributed by atoms with van der Waals surface area (Å²) in [6.07, 6.45) is 7.31. The highest BCUT2D eigenvalue weighted by molar-refractivity contribution is 7.15. The van der Waals surface area contributed by atoms with Crippen LogP contribution in [-0.2, 0) is 17.6 Å². The summed E-state index contributed by atoms with van der Waals surface area (Å²) < 4.78 is 0. The van der Waals surface area contributed by atoms with Gasteiger partial charge in [-0.2, -0.15) is 0 Å². The lowest BCUT2D eigenvalue weighted by atomic mass is 9.53. The number of hydrogen-bond donors (Lipinski definition) is 3. The van der Waals surface area contributed by atoms with Crippen molar-refractivity contribution in [1.82, 2.24) is 15.3 Å². The normalized spacial score (nSPS) is 31.9. The second-order valence-electron chi connectivity index (χ2n) is 10.7. The Kier molecular flexibility index (Phi) is 6.21. The van der Waals surface area contributed by atoms with E-state index in [1.165, 1.54) is 4.88 Å². The summed E-state index contributed by atoms with van der Waals surface area (Å²) in [4.78, 5) is 23.4. The third kappa shape index (κ3) is 4.54. The monoisotopic (exact) mass is 468 g/mol. The third-order valence-corrected chi connectivity index (χ3v) is 9.31. The highest BCUT2D eigenvalue weighted by Crippen LogP contribution is 2.57. The molecule has 3 aliphatic rings. The summed E-state index contributed by atoms with van der Waals surface area (Å²) in [6.45, 7) is 7.36. The van der Waals surface area contributed by atoms with Crippen LogP contribution in [0.1, 0.15) is 68.6 Å². The fourth-order valence-corrected chi connectivity index (χ4v) is 7.51. The Morgan fingerprint density at radius 3 is 2.88 bits per heavy atom. The van der Waals surface area contributed by atoms with Crippen LogP contribution in [0.3, 0.4) is 0 Å². The molecule has 0 aromatic carbocycles. The number of nitrogens with zero attached hydrogens (tertiary/aromatic N) is 2. The molecule has 3 aliphatic carbocycles. The molecular weight excluding hydrogens is 432 g/mol. The number of carbonyl (C=O) groups is 1. The second kappa shape index (κ2) is 8.99. The molecule has 2 fully saturated rings. The molecule has 5 rings (SSSR count). The van der Waals surface area contributed by atoms with Crippen LogP contribution in [0.5, 0.6) is 0 Å².